The molecule has 3 rings (SSSR count). The van der Waals surface area contributed by atoms with Crippen molar-refractivity contribution in [2.24, 2.45) is 5.73 Å². The number of ether oxygens (including phenoxy) is 2. The Balaban J connectivity index is 1.59. The van der Waals surface area contributed by atoms with Crippen LogP contribution in [0.25, 0.3) is 0 Å². The topological polar surface area (TPSA) is 56.5 Å². The number of hydrogen-bond donors (Lipinski definition) is 2. The lowest BCUT2D eigenvalue weighted by Crippen LogP contribution is -2.52. The lowest BCUT2D eigenvalue weighted by molar-refractivity contribution is 0.174. The Labute approximate surface area is 127 Å². The van der Waals surface area contributed by atoms with Gasteiger partial charge in [-0.05, 0) is 50.3 Å². The molecule has 0 amide bonds. The Morgan fingerprint density at radius 2 is 2.00 bits per heavy atom. The first-order valence-electron chi connectivity index (χ1n) is 8.05. The lowest BCUT2D eigenvalue weighted by Gasteiger charge is -2.33. The van der Waals surface area contributed by atoms with Crippen molar-refractivity contribution in [2.75, 3.05) is 13.3 Å². The Hall–Kier alpha value is -1.26. The van der Waals surface area contributed by atoms with Gasteiger partial charge in [0, 0.05) is 18.1 Å². The molecule has 1 saturated carbocycles. The fraction of sp³-hybridized carbons (Fsp3) is 0.647. The summed E-state index contributed by atoms with van der Waals surface area (Å²) in [6.45, 7) is 3.26. The maximum absolute atomic E-state index is 6.03. The van der Waals surface area contributed by atoms with E-state index in [4.69, 9.17) is 15.2 Å². The Bertz CT molecular complexity index is 486. The minimum atomic E-state index is 0.0192. The molecule has 0 radical (unpaired) electrons. The molecule has 1 heterocycles. The van der Waals surface area contributed by atoms with Crippen LogP contribution in [0.4, 0.5) is 0 Å². The monoisotopic (exact) mass is 290 g/mol. The number of hydrogen-bond acceptors (Lipinski definition) is 4. The molecule has 1 unspecified atom stereocenters. The van der Waals surface area contributed by atoms with E-state index in [1.54, 1.807) is 0 Å². The summed E-state index contributed by atoms with van der Waals surface area (Å²) in [5.74, 6) is 1.72. The van der Waals surface area contributed by atoms with Gasteiger partial charge >= 0.3 is 0 Å². The maximum Gasteiger partial charge on any atom is 0.231 e. The van der Waals surface area contributed by atoms with Gasteiger partial charge in [-0.1, -0.05) is 18.9 Å². The first-order chi connectivity index (χ1) is 10.2. The van der Waals surface area contributed by atoms with E-state index >= 15 is 0 Å². The largest absolute Gasteiger partial charge is 0.454 e. The molecule has 1 atom stereocenters. The first-order valence-corrected chi connectivity index (χ1v) is 8.05. The second-order valence-electron chi connectivity index (χ2n) is 6.58. The van der Waals surface area contributed by atoms with Crippen LogP contribution in [0.5, 0.6) is 11.5 Å². The molecular weight excluding hydrogens is 264 g/mol. The molecule has 0 saturated heterocycles. The highest BCUT2D eigenvalue weighted by Gasteiger charge is 2.27. The summed E-state index contributed by atoms with van der Waals surface area (Å²) >= 11 is 0. The zero-order valence-electron chi connectivity index (χ0n) is 12.9. The second kappa shape index (κ2) is 6.24. The van der Waals surface area contributed by atoms with Crippen molar-refractivity contribution < 1.29 is 9.47 Å². The molecule has 3 N–H and O–H groups in total. The molecule has 1 aromatic carbocycles. The molecule has 2 aliphatic rings. The zero-order valence-corrected chi connectivity index (χ0v) is 12.9. The summed E-state index contributed by atoms with van der Waals surface area (Å²) in [5, 5.41) is 3.78. The molecular formula is C17H26N2O2. The van der Waals surface area contributed by atoms with Crippen LogP contribution in [0.15, 0.2) is 18.2 Å². The van der Waals surface area contributed by atoms with Crippen molar-refractivity contribution in [3.05, 3.63) is 23.8 Å². The van der Waals surface area contributed by atoms with Gasteiger partial charge in [0.05, 0.1) is 0 Å². The SMILES string of the molecule is CC(CN)(CCc1ccc2c(c1)OCO2)NC1CCCC1. The lowest BCUT2D eigenvalue weighted by atomic mass is 9.92. The highest BCUT2D eigenvalue weighted by molar-refractivity contribution is 5.44. The van der Waals surface area contributed by atoms with Crippen LogP contribution < -0.4 is 20.5 Å². The number of nitrogens with two attached hydrogens (primary N) is 1. The third kappa shape index (κ3) is 3.50. The summed E-state index contributed by atoms with van der Waals surface area (Å²) in [4.78, 5) is 0. The number of benzene rings is 1. The first kappa shape index (κ1) is 14.7. The molecule has 4 heteroatoms. The molecule has 1 aliphatic carbocycles. The molecule has 1 fully saturated rings. The molecule has 0 bridgehead atoms. The van der Waals surface area contributed by atoms with Gasteiger partial charge in [-0.3, -0.25) is 0 Å². The van der Waals surface area contributed by atoms with Crippen LogP contribution in [-0.2, 0) is 6.42 Å². The smallest absolute Gasteiger partial charge is 0.231 e. The van der Waals surface area contributed by atoms with E-state index in [1.807, 2.05) is 6.07 Å². The van der Waals surface area contributed by atoms with E-state index < -0.39 is 0 Å². The Morgan fingerprint density at radius 3 is 2.76 bits per heavy atom. The molecule has 116 valence electrons. The molecule has 21 heavy (non-hydrogen) atoms. The maximum atomic E-state index is 6.03. The average molecular weight is 290 g/mol. The van der Waals surface area contributed by atoms with Gasteiger partial charge in [-0.15, -0.1) is 0 Å². The fourth-order valence-electron chi connectivity index (χ4n) is 3.31. The highest BCUT2D eigenvalue weighted by Crippen LogP contribution is 2.33. The Morgan fingerprint density at radius 1 is 1.24 bits per heavy atom. The van der Waals surface area contributed by atoms with E-state index in [0.29, 0.717) is 19.4 Å². The minimum absolute atomic E-state index is 0.0192. The third-order valence-electron chi connectivity index (χ3n) is 4.76. The van der Waals surface area contributed by atoms with E-state index in [2.05, 4.69) is 24.4 Å². The normalized spacial score (nSPS) is 20.7. The van der Waals surface area contributed by atoms with Gasteiger partial charge in [0.25, 0.3) is 0 Å². The van der Waals surface area contributed by atoms with Crippen LogP contribution in [0.2, 0.25) is 0 Å². The van der Waals surface area contributed by atoms with E-state index in [-0.39, 0.29) is 5.54 Å². The van der Waals surface area contributed by atoms with Crippen molar-refractivity contribution in [1.29, 1.82) is 0 Å². The Kier molecular flexibility index (Phi) is 4.36. The minimum Gasteiger partial charge on any atom is -0.454 e. The van der Waals surface area contributed by atoms with Gasteiger partial charge in [-0.25, -0.2) is 0 Å². The van der Waals surface area contributed by atoms with Gasteiger partial charge in [-0.2, -0.15) is 0 Å². The third-order valence-corrected chi connectivity index (χ3v) is 4.76. The summed E-state index contributed by atoms with van der Waals surface area (Å²) in [5.41, 5.74) is 7.34. The van der Waals surface area contributed by atoms with Crippen molar-refractivity contribution in [3.8, 4) is 11.5 Å². The van der Waals surface area contributed by atoms with E-state index in [9.17, 15) is 0 Å². The number of aryl methyl sites for hydroxylation is 1. The van der Waals surface area contributed by atoms with Crippen LogP contribution in [0.1, 0.15) is 44.6 Å². The molecule has 0 aromatic heterocycles. The van der Waals surface area contributed by atoms with Crippen molar-refractivity contribution in [2.45, 2.75) is 57.0 Å². The van der Waals surface area contributed by atoms with Crippen LogP contribution >= 0.6 is 0 Å². The van der Waals surface area contributed by atoms with E-state index in [0.717, 1.165) is 24.3 Å². The standard InChI is InChI=1S/C17H26N2O2/c1-17(11-18,19-14-4-2-3-5-14)9-8-13-6-7-15-16(10-13)21-12-20-15/h6-7,10,14,19H,2-5,8-9,11-12,18H2,1H3. The predicted molar refractivity (Wildman–Crippen MR) is 83.7 cm³/mol. The van der Waals surface area contributed by atoms with E-state index in [1.165, 1.54) is 31.2 Å². The quantitative estimate of drug-likeness (QED) is 0.845. The predicted octanol–water partition coefficient (Wildman–Crippen LogP) is 2.60. The second-order valence-corrected chi connectivity index (χ2v) is 6.58. The molecule has 1 aliphatic heterocycles. The van der Waals surface area contributed by atoms with Crippen molar-refractivity contribution in [1.82, 2.24) is 5.32 Å². The molecule has 1 aromatic rings. The molecule has 4 nitrogen and oxygen atoms in total. The summed E-state index contributed by atoms with van der Waals surface area (Å²) < 4.78 is 10.8. The zero-order chi connectivity index (χ0) is 14.7. The summed E-state index contributed by atoms with van der Waals surface area (Å²) in [6, 6.07) is 6.87. The van der Waals surface area contributed by atoms with Crippen LogP contribution in [0.3, 0.4) is 0 Å². The summed E-state index contributed by atoms with van der Waals surface area (Å²) in [7, 11) is 0. The van der Waals surface area contributed by atoms with Crippen molar-refractivity contribution >= 4 is 0 Å². The van der Waals surface area contributed by atoms with Gasteiger partial charge in [0.2, 0.25) is 6.79 Å². The van der Waals surface area contributed by atoms with Crippen LogP contribution in [-0.4, -0.2) is 24.9 Å². The van der Waals surface area contributed by atoms with Gasteiger partial charge in [0.15, 0.2) is 11.5 Å². The highest BCUT2D eigenvalue weighted by atomic mass is 16.7. The number of rotatable bonds is 6. The number of nitrogens with one attached hydrogen (secondary N) is 1. The average Bonchev–Trinajstić information content (AvgIpc) is 3.15. The van der Waals surface area contributed by atoms with Gasteiger partial charge in [0.1, 0.15) is 0 Å². The summed E-state index contributed by atoms with van der Waals surface area (Å²) in [6.07, 6.45) is 7.32. The number of fused-ring (bicyclic) bond motifs is 1. The van der Waals surface area contributed by atoms with Crippen molar-refractivity contribution in [3.63, 3.8) is 0 Å². The molecule has 0 spiro atoms. The van der Waals surface area contributed by atoms with Gasteiger partial charge < -0.3 is 20.5 Å². The van der Waals surface area contributed by atoms with Crippen LogP contribution in [0, 0.1) is 0 Å². The fourth-order valence-corrected chi connectivity index (χ4v) is 3.31.